The van der Waals surface area contributed by atoms with Crippen molar-refractivity contribution in [2.24, 2.45) is 0 Å². The van der Waals surface area contributed by atoms with E-state index < -0.39 is 22.3 Å². The van der Waals surface area contributed by atoms with Gasteiger partial charge in [0.1, 0.15) is 0 Å². The molecule has 2 aromatic rings. The van der Waals surface area contributed by atoms with E-state index >= 15 is 0 Å². The normalized spacial score (nSPS) is 11.0. The Bertz CT molecular complexity index is 844. The first-order valence-electron chi connectivity index (χ1n) is 9.00. The molecule has 0 aliphatic carbocycles. The largest absolute Gasteiger partial charge is 0.465 e. The molecule has 148 valence electrons. The van der Waals surface area contributed by atoms with Gasteiger partial charge < -0.3 is 9.47 Å². The molecular formula is C21H23NO6. The molecule has 0 aromatic heterocycles. The highest BCUT2D eigenvalue weighted by atomic mass is 16.6. The molecule has 0 unspecified atom stereocenters. The lowest BCUT2D eigenvalue weighted by atomic mass is 9.74. The van der Waals surface area contributed by atoms with E-state index in [9.17, 15) is 19.7 Å². The van der Waals surface area contributed by atoms with Crippen molar-refractivity contribution in [3.05, 3.63) is 75.3 Å². The fraction of sp³-hybridized carbons (Fsp3) is 0.333. The van der Waals surface area contributed by atoms with Gasteiger partial charge in [-0.3, -0.25) is 19.7 Å². The Morgan fingerprint density at radius 1 is 1.00 bits per heavy atom. The lowest BCUT2D eigenvalue weighted by Gasteiger charge is -2.30. The lowest BCUT2D eigenvalue weighted by Crippen LogP contribution is -2.48. The van der Waals surface area contributed by atoms with Gasteiger partial charge in [0, 0.05) is 18.1 Å². The van der Waals surface area contributed by atoms with Gasteiger partial charge in [0.2, 0.25) is 0 Å². The lowest BCUT2D eigenvalue weighted by molar-refractivity contribution is -0.385. The highest BCUT2D eigenvalue weighted by Crippen LogP contribution is 2.34. The number of nitro benzene ring substituents is 1. The maximum Gasteiger partial charge on any atom is 0.328 e. The van der Waals surface area contributed by atoms with Gasteiger partial charge in [-0.25, -0.2) is 0 Å². The van der Waals surface area contributed by atoms with Crippen molar-refractivity contribution < 1.29 is 24.0 Å². The zero-order valence-electron chi connectivity index (χ0n) is 16.1. The Kier molecular flexibility index (Phi) is 6.87. The van der Waals surface area contributed by atoms with E-state index in [0.717, 1.165) is 5.56 Å². The van der Waals surface area contributed by atoms with Crippen LogP contribution in [0.15, 0.2) is 48.5 Å². The Labute approximate surface area is 163 Å². The summed E-state index contributed by atoms with van der Waals surface area (Å²) in [4.78, 5) is 36.8. The van der Waals surface area contributed by atoms with Crippen LogP contribution in [0.4, 0.5) is 5.69 Å². The molecule has 7 nitrogen and oxygen atoms in total. The van der Waals surface area contributed by atoms with Crippen LogP contribution in [0, 0.1) is 17.0 Å². The molecule has 2 aromatic carbocycles. The number of esters is 2. The summed E-state index contributed by atoms with van der Waals surface area (Å²) in [5.74, 6) is -1.49. The number of ether oxygens (including phenoxy) is 2. The number of rotatable bonds is 8. The average Bonchev–Trinajstić information content (AvgIpc) is 2.66. The van der Waals surface area contributed by atoms with Gasteiger partial charge in [0.25, 0.3) is 5.69 Å². The predicted molar refractivity (Wildman–Crippen MR) is 103 cm³/mol. The van der Waals surface area contributed by atoms with Crippen LogP contribution in [-0.2, 0) is 30.9 Å². The third-order valence-corrected chi connectivity index (χ3v) is 4.45. The number of nitrogens with zero attached hydrogens (tertiary/aromatic N) is 1. The van der Waals surface area contributed by atoms with E-state index in [0.29, 0.717) is 11.1 Å². The molecule has 0 fully saturated rings. The van der Waals surface area contributed by atoms with E-state index in [1.165, 1.54) is 18.2 Å². The van der Waals surface area contributed by atoms with E-state index in [-0.39, 0.29) is 25.3 Å². The molecule has 0 atom stereocenters. The van der Waals surface area contributed by atoms with Crippen LogP contribution in [-0.4, -0.2) is 30.1 Å². The highest BCUT2D eigenvalue weighted by Gasteiger charge is 2.51. The minimum Gasteiger partial charge on any atom is -0.465 e. The van der Waals surface area contributed by atoms with E-state index in [4.69, 9.17) is 9.47 Å². The molecule has 0 spiro atoms. The van der Waals surface area contributed by atoms with Crippen LogP contribution in [0.5, 0.6) is 0 Å². The minimum atomic E-state index is -1.76. The van der Waals surface area contributed by atoms with Crippen molar-refractivity contribution in [2.45, 2.75) is 32.6 Å². The molecule has 2 rings (SSSR count). The number of carbonyl (C=O) groups is 2. The van der Waals surface area contributed by atoms with Gasteiger partial charge in [0.15, 0.2) is 5.41 Å². The average molecular weight is 385 g/mol. The maximum absolute atomic E-state index is 13.1. The molecule has 28 heavy (non-hydrogen) atoms. The van der Waals surface area contributed by atoms with Crippen molar-refractivity contribution in [1.29, 1.82) is 0 Å². The number of hydrogen-bond donors (Lipinski definition) is 0. The third kappa shape index (κ3) is 4.19. The summed E-state index contributed by atoms with van der Waals surface area (Å²) >= 11 is 0. The Morgan fingerprint density at radius 2 is 1.57 bits per heavy atom. The summed E-state index contributed by atoms with van der Waals surface area (Å²) in [6.07, 6.45) is 0.0166. The van der Waals surface area contributed by atoms with Crippen LogP contribution in [0.2, 0.25) is 0 Å². The Balaban J connectivity index is 2.70. The van der Waals surface area contributed by atoms with E-state index in [2.05, 4.69) is 0 Å². The number of aryl methyl sites for hydroxylation is 1. The number of benzene rings is 2. The van der Waals surface area contributed by atoms with Gasteiger partial charge in [-0.15, -0.1) is 0 Å². The molecule has 0 aliphatic rings. The number of hydrogen-bond acceptors (Lipinski definition) is 6. The molecule has 0 bridgehead atoms. The standard InChI is InChI=1S/C21H23NO6/c1-4-27-19(23)21(20(24)28-5-2,14-16-9-7-6-8-10-16)17-11-12-18(22(25)26)15(3)13-17/h6-13H,4-5,14H2,1-3H3. The van der Waals surface area contributed by atoms with Gasteiger partial charge >= 0.3 is 11.9 Å². The van der Waals surface area contributed by atoms with Crippen LogP contribution in [0.3, 0.4) is 0 Å². The maximum atomic E-state index is 13.1. The second-order valence-corrected chi connectivity index (χ2v) is 6.27. The predicted octanol–water partition coefficient (Wildman–Crippen LogP) is 3.51. The topological polar surface area (TPSA) is 95.7 Å². The molecule has 0 radical (unpaired) electrons. The minimum absolute atomic E-state index is 0.0166. The second-order valence-electron chi connectivity index (χ2n) is 6.27. The van der Waals surface area contributed by atoms with Crippen molar-refractivity contribution in [1.82, 2.24) is 0 Å². The summed E-state index contributed by atoms with van der Waals surface area (Å²) < 4.78 is 10.5. The van der Waals surface area contributed by atoms with E-state index in [1.54, 1.807) is 45.0 Å². The monoisotopic (exact) mass is 385 g/mol. The van der Waals surface area contributed by atoms with E-state index in [1.807, 2.05) is 6.07 Å². The Hall–Kier alpha value is -3.22. The molecule has 7 heteroatoms. The molecule has 0 saturated heterocycles. The quantitative estimate of drug-likeness (QED) is 0.299. The summed E-state index contributed by atoms with van der Waals surface area (Å²) in [5, 5.41) is 11.2. The zero-order valence-corrected chi connectivity index (χ0v) is 16.1. The van der Waals surface area contributed by atoms with Crippen LogP contribution in [0.25, 0.3) is 0 Å². The van der Waals surface area contributed by atoms with Crippen molar-refractivity contribution in [3.8, 4) is 0 Å². The number of nitro groups is 1. The van der Waals surface area contributed by atoms with Crippen LogP contribution in [0.1, 0.15) is 30.5 Å². The Morgan fingerprint density at radius 3 is 2.04 bits per heavy atom. The van der Waals surface area contributed by atoms with Gasteiger partial charge in [0.05, 0.1) is 18.1 Å². The third-order valence-electron chi connectivity index (χ3n) is 4.45. The first kappa shape index (κ1) is 21.1. The summed E-state index contributed by atoms with van der Waals surface area (Å²) in [5.41, 5.74) is -0.470. The fourth-order valence-electron chi connectivity index (χ4n) is 3.10. The van der Waals surface area contributed by atoms with Crippen molar-refractivity contribution in [2.75, 3.05) is 13.2 Å². The fourth-order valence-corrected chi connectivity index (χ4v) is 3.10. The van der Waals surface area contributed by atoms with Crippen molar-refractivity contribution in [3.63, 3.8) is 0 Å². The summed E-state index contributed by atoms with van der Waals surface area (Å²) in [6.45, 7) is 5.03. The van der Waals surface area contributed by atoms with Gasteiger partial charge in [-0.2, -0.15) is 0 Å². The molecule has 0 aliphatic heterocycles. The highest BCUT2D eigenvalue weighted by molar-refractivity contribution is 6.06. The second kappa shape index (κ2) is 9.12. The molecule has 0 amide bonds. The molecule has 0 N–H and O–H groups in total. The van der Waals surface area contributed by atoms with Crippen LogP contribution >= 0.6 is 0 Å². The first-order chi connectivity index (χ1) is 13.4. The van der Waals surface area contributed by atoms with Crippen molar-refractivity contribution >= 4 is 17.6 Å². The summed E-state index contributed by atoms with van der Waals surface area (Å²) in [7, 11) is 0. The first-order valence-corrected chi connectivity index (χ1v) is 9.00. The number of carbonyl (C=O) groups excluding carboxylic acids is 2. The van der Waals surface area contributed by atoms with Crippen LogP contribution < -0.4 is 0 Å². The smallest absolute Gasteiger partial charge is 0.328 e. The van der Waals surface area contributed by atoms with Gasteiger partial charge in [-0.05, 0) is 38.0 Å². The summed E-state index contributed by atoms with van der Waals surface area (Å²) in [6, 6.07) is 13.2. The van der Waals surface area contributed by atoms with Gasteiger partial charge in [-0.1, -0.05) is 36.4 Å². The molecule has 0 heterocycles. The SMILES string of the molecule is CCOC(=O)C(Cc1ccccc1)(C(=O)OCC)c1ccc([N+](=O)[O-])c(C)c1. The zero-order chi connectivity index (χ0) is 20.7. The molecular weight excluding hydrogens is 362 g/mol. The molecule has 0 saturated carbocycles.